The Balaban J connectivity index is 1.46. The molecular formula is C22H22FN7O3. The topological polar surface area (TPSA) is 129 Å². The number of fused-ring (bicyclic) bond motifs is 2. The summed E-state index contributed by atoms with van der Waals surface area (Å²) in [5.74, 6) is -0.669. The van der Waals surface area contributed by atoms with E-state index in [0.29, 0.717) is 59.6 Å². The van der Waals surface area contributed by atoms with E-state index in [1.807, 2.05) is 6.92 Å². The minimum absolute atomic E-state index is 0.313. The Morgan fingerprint density at radius 1 is 1.27 bits per heavy atom. The van der Waals surface area contributed by atoms with Crippen LogP contribution in [-0.4, -0.2) is 65.4 Å². The molecule has 0 aliphatic carbocycles. The number of nitrogens with one attached hydrogen (secondary N) is 2. The molecule has 4 aromatic rings. The highest BCUT2D eigenvalue weighted by molar-refractivity contribution is 6.05. The molecule has 1 fully saturated rings. The average Bonchev–Trinajstić information content (AvgIpc) is 3.34. The molecule has 0 radical (unpaired) electrons. The molecule has 4 heterocycles. The highest BCUT2D eigenvalue weighted by Gasteiger charge is 2.34. The first kappa shape index (κ1) is 20.9. The lowest BCUT2D eigenvalue weighted by atomic mass is 9.89. The molecule has 1 aromatic carbocycles. The third kappa shape index (κ3) is 3.65. The first-order valence-electron chi connectivity index (χ1n) is 10.5. The molecule has 0 unspecified atom stereocenters. The van der Waals surface area contributed by atoms with E-state index in [2.05, 4.69) is 25.4 Å². The molecule has 1 aliphatic rings. The molecule has 3 aromatic heterocycles. The van der Waals surface area contributed by atoms with Crippen LogP contribution in [0.4, 0.5) is 9.18 Å². The van der Waals surface area contributed by atoms with E-state index in [4.69, 9.17) is 5.11 Å². The van der Waals surface area contributed by atoms with E-state index >= 15 is 0 Å². The van der Waals surface area contributed by atoms with Crippen molar-refractivity contribution in [3.05, 3.63) is 42.0 Å². The summed E-state index contributed by atoms with van der Waals surface area (Å²) in [4.78, 5) is 37.7. The number of aromatic amines is 1. The molecule has 170 valence electrons. The second kappa shape index (κ2) is 7.54. The number of H-pyrrole nitrogens is 1. The van der Waals surface area contributed by atoms with Gasteiger partial charge in [0.1, 0.15) is 22.7 Å². The summed E-state index contributed by atoms with van der Waals surface area (Å²) in [5.41, 5.74) is 2.31. The molecule has 0 spiro atoms. The predicted octanol–water partition coefficient (Wildman–Crippen LogP) is 2.91. The van der Waals surface area contributed by atoms with E-state index in [-0.39, 0.29) is 11.7 Å². The van der Waals surface area contributed by atoms with Crippen LogP contribution in [0.5, 0.6) is 0 Å². The van der Waals surface area contributed by atoms with Crippen LogP contribution in [-0.2, 0) is 7.05 Å². The number of hydrogen-bond acceptors (Lipinski definition) is 5. The second-order valence-electron chi connectivity index (χ2n) is 8.57. The Labute approximate surface area is 187 Å². The molecule has 0 bridgehead atoms. The SMILES string of the molecule is Cn1nc(-c2cnc3[nH]cc(C(=O)NC4(C)CCN(C(=O)O)CC4)c3n2)c2ccc(F)cc21. The molecule has 2 amide bonds. The van der Waals surface area contributed by atoms with Crippen molar-refractivity contribution in [2.24, 2.45) is 7.05 Å². The van der Waals surface area contributed by atoms with Crippen LogP contribution < -0.4 is 5.32 Å². The average molecular weight is 451 g/mol. The maximum absolute atomic E-state index is 13.7. The van der Waals surface area contributed by atoms with Gasteiger partial charge in [-0.3, -0.25) is 9.48 Å². The number of benzene rings is 1. The number of aromatic nitrogens is 5. The van der Waals surface area contributed by atoms with Crippen molar-refractivity contribution >= 4 is 34.1 Å². The van der Waals surface area contributed by atoms with Gasteiger partial charge in [0.2, 0.25) is 0 Å². The second-order valence-corrected chi connectivity index (χ2v) is 8.57. The van der Waals surface area contributed by atoms with Crippen LogP contribution in [0.1, 0.15) is 30.1 Å². The van der Waals surface area contributed by atoms with Gasteiger partial charge in [-0.15, -0.1) is 0 Å². The summed E-state index contributed by atoms with van der Waals surface area (Å²) in [6.45, 7) is 2.63. The number of likely N-dealkylation sites (tertiary alicyclic amines) is 1. The number of carboxylic acid groups (broad SMARTS) is 1. The fourth-order valence-electron chi connectivity index (χ4n) is 4.26. The van der Waals surface area contributed by atoms with Crippen molar-refractivity contribution in [1.82, 2.24) is 34.9 Å². The fraction of sp³-hybridized carbons (Fsp3) is 0.318. The summed E-state index contributed by atoms with van der Waals surface area (Å²) >= 11 is 0. The monoisotopic (exact) mass is 451 g/mol. The van der Waals surface area contributed by atoms with E-state index in [9.17, 15) is 14.0 Å². The van der Waals surface area contributed by atoms with Gasteiger partial charge in [0.05, 0.1) is 17.3 Å². The molecule has 3 N–H and O–H groups in total. The quantitative estimate of drug-likeness (QED) is 0.439. The highest BCUT2D eigenvalue weighted by atomic mass is 19.1. The lowest BCUT2D eigenvalue weighted by Crippen LogP contribution is -2.54. The number of carbonyl (C=O) groups is 2. The number of rotatable bonds is 3. The first-order chi connectivity index (χ1) is 15.7. The Bertz CT molecular complexity index is 1400. The smallest absolute Gasteiger partial charge is 0.407 e. The van der Waals surface area contributed by atoms with Gasteiger partial charge in [0.15, 0.2) is 5.65 Å². The lowest BCUT2D eigenvalue weighted by Gasteiger charge is -2.38. The molecule has 1 aliphatic heterocycles. The first-order valence-corrected chi connectivity index (χ1v) is 10.5. The standard InChI is InChI=1S/C22H22FN7O3/c1-22(5-7-30(8-6-22)21(32)33)27-20(31)14-10-24-19-18(14)26-15(11-25-19)17-13-4-3-12(23)9-16(13)29(2)28-17/h3-4,9-11H,5-8H2,1-2H3,(H,24,25)(H,27,31)(H,32,33). The van der Waals surface area contributed by atoms with Crippen molar-refractivity contribution in [3.63, 3.8) is 0 Å². The Morgan fingerprint density at radius 3 is 2.76 bits per heavy atom. The summed E-state index contributed by atoms with van der Waals surface area (Å²) < 4.78 is 15.2. The van der Waals surface area contributed by atoms with Crippen molar-refractivity contribution in [1.29, 1.82) is 0 Å². The van der Waals surface area contributed by atoms with E-state index in [1.165, 1.54) is 17.0 Å². The molecule has 1 saturated heterocycles. The van der Waals surface area contributed by atoms with Gasteiger partial charge in [-0.05, 0) is 38.0 Å². The van der Waals surface area contributed by atoms with Crippen LogP contribution in [0.15, 0.2) is 30.6 Å². The number of carbonyl (C=O) groups excluding carboxylic acids is 1. The zero-order valence-corrected chi connectivity index (χ0v) is 18.1. The summed E-state index contributed by atoms with van der Waals surface area (Å²) in [6.07, 6.45) is 3.20. The van der Waals surface area contributed by atoms with Gasteiger partial charge in [-0.25, -0.2) is 19.2 Å². The fourth-order valence-corrected chi connectivity index (χ4v) is 4.26. The maximum Gasteiger partial charge on any atom is 0.407 e. The van der Waals surface area contributed by atoms with Gasteiger partial charge >= 0.3 is 6.09 Å². The molecule has 11 heteroatoms. The summed E-state index contributed by atoms with van der Waals surface area (Å²) in [7, 11) is 1.72. The van der Waals surface area contributed by atoms with Crippen molar-refractivity contribution < 1.29 is 19.1 Å². The number of aryl methyl sites for hydroxylation is 1. The van der Waals surface area contributed by atoms with Gasteiger partial charge in [0.25, 0.3) is 5.91 Å². The normalized spacial score (nSPS) is 15.8. The minimum atomic E-state index is -0.951. The number of amides is 2. The zero-order valence-electron chi connectivity index (χ0n) is 18.1. The van der Waals surface area contributed by atoms with E-state index in [1.54, 1.807) is 30.2 Å². The number of nitrogens with zero attached hydrogens (tertiary/aromatic N) is 5. The van der Waals surface area contributed by atoms with Gasteiger partial charge in [-0.1, -0.05) is 0 Å². The Hall–Kier alpha value is -4.02. The number of halogens is 1. The largest absolute Gasteiger partial charge is 0.465 e. The molecular weight excluding hydrogens is 429 g/mol. The number of piperidine rings is 1. The Morgan fingerprint density at radius 2 is 2.03 bits per heavy atom. The van der Waals surface area contributed by atoms with Crippen molar-refractivity contribution in [2.75, 3.05) is 13.1 Å². The molecule has 0 atom stereocenters. The molecule has 5 rings (SSSR count). The van der Waals surface area contributed by atoms with Crippen LogP contribution in [0, 0.1) is 5.82 Å². The van der Waals surface area contributed by atoms with Crippen molar-refractivity contribution in [2.45, 2.75) is 25.3 Å². The van der Waals surface area contributed by atoms with Crippen LogP contribution in [0.25, 0.3) is 33.5 Å². The lowest BCUT2D eigenvalue weighted by molar-refractivity contribution is 0.0825. The third-order valence-electron chi connectivity index (χ3n) is 6.23. The molecule has 33 heavy (non-hydrogen) atoms. The van der Waals surface area contributed by atoms with Crippen molar-refractivity contribution in [3.8, 4) is 11.4 Å². The van der Waals surface area contributed by atoms with Crippen LogP contribution in [0.2, 0.25) is 0 Å². The van der Waals surface area contributed by atoms with Gasteiger partial charge < -0.3 is 20.3 Å². The maximum atomic E-state index is 13.7. The highest BCUT2D eigenvalue weighted by Crippen LogP contribution is 2.29. The predicted molar refractivity (Wildman–Crippen MR) is 118 cm³/mol. The Kier molecular flexibility index (Phi) is 4.76. The van der Waals surface area contributed by atoms with Crippen LogP contribution >= 0.6 is 0 Å². The summed E-state index contributed by atoms with van der Waals surface area (Å²) in [5, 5.41) is 17.4. The molecule has 10 nitrogen and oxygen atoms in total. The number of hydrogen-bond donors (Lipinski definition) is 3. The van der Waals surface area contributed by atoms with Crippen LogP contribution in [0.3, 0.4) is 0 Å². The van der Waals surface area contributed by atoms with Gasteiger partial charge in [-0.2, -0.15) is 5.10 Å². The van der Waals surface area contributed by atoms with Gasteiger partial charge in [0, 0.05) is 37.3 Å². The van der Waals surface area contributed by atoms with E-state index in [0.717, 1.165) is 5.39 Å². The minimum Gasteiger partial charge on any atom is -0.465 e. The van der Waals surface area contributed by atoms with E-state index < -0.39 is 11.6 Å². The summed E-state index contributed by atoms with van der Waals surface area (Å²) in [6, 6.07) is 4.42. The zero-order chi connectivity index (χ0) is 23.3. The molecule has 0 saturated carbocycles. The third-order valence-corrected chi connectivity index (χ3v) is 6.23.